The van der Waals surface area contributed by atoms with Crippen molar-refractivity contribution in [3.8, 4) is 0 Å². The Hall–Kier alpha value is -2.90. The molecule has 3 atom stereocenters. The maximum atomic E-state index is 12.2. The summed E-state index contributed by atoms with van der Waals surface area (Å²) in [5.41, 5.74) is 6.25. The third-order valence-corrected chi connectivity index (χ3v) is 7.74. The number of anilines is 1. The molecule has 2 aromatic carbocycles. The Balaban J connectivity index is 1.22. The summed E-state index contributed by atoms with van der Waals surface area (Å²) in [6.45, 7) is 14.6. The number of aromatic nitrogens is 2. The molecule has 1 saturated heterocycles. The number of nitrogens with one attached hydrogen (secondary N) is 1. The van der Waals surface area contributed by atoms with Gasteiger partial charge in [0, 0.05) is 31.2 Å². The Labute approximate surface area is 226 Å². The Morgan fingerprint density at radius 3 is 2.63 bits per heavy atom. The number of aliphatic hydroxyl groups excluding tert-OH is 1. The van der Waals surface area contributed by atoms with E-state index in [0.717, 1.165) is 54.9 Å². The molecule has 0 saturated carbocycles. The van der Waals surface area contributed by atoms with Gasteiger partial charge in [0.25, 0.3) is 0 Å². The third-order valence-electron chi connectivity index (χ3n) is 7.74. The largest absolute Gasteiger partial charge is 0.444 e. The van der Waals surface area contributed by atoms with Crippen LogP contribution in [0.4, 0.5) is 10.5 Å². The van der Waals surface area contributed by atoms with Crippen LogP contribution in [0.3, 0.4) is 0 Å². The molecule has 7 nitrogen and oxygen atoms in total. The standard InChI is InChI=1S/C31H42N4O3/c1-19(2)29-33-25-13-20(3)7-10-26(25)35(29)27-11-12-34(18-28(27)36)17-21-14-22-8-9-24(16-23(22)15-21)32-30(37)38-31(4,5)6/h7-10,13,16,19,21,27-28,36H,11-12,14-15,17-18H2,1-6H3,(H,32,37)/t21-,27-,28-/m1/s1. The van der Waals surface area contributed by atoms with Gasteiger partial charge < -0.3 is 19.3 Å². The molecule has 2 aliphatic rings. The fraction of sp³-hybridized carbons (Fsp3) is 0.548. The van der Waals surface area contributed by atoms with E-state index in [1.807, 2.05) is 26.8 Å². The number of ether oxygens (including phenoxy) is 1. The van der Waals surface area contributed by atoms with Crippen molar-refractivity contribution in [1.82, 2.24) is 14.5 Å². The van der Waals surface area contributed by atoms with E-state index >= 15 is 0 Å². The van der Waals surface area contributed by atoms with Crippen molar-refractivity contribution in [2.75, 3.05) is 25.0 Å². The van der Waals surface area contributed by atoms with E-state index < -0.39 is 17.8 Å². The van der Waals surface area contributed by atoms with Crippen LogP contribution >= 0.6 is 0 Å². The van der Waals surface area contributed by atoms with E-state index in [2.05, 4.69) is 65.9 Å². The lowest BCUT2D eigenvalue weighted by atomic mass is 9.98. The number of aliphatic hydroxyl groups is 1. The fourth-order valence-electron chi connectivity index (χ4n) is 6.14. The molecule has 0 unspecified atom stereocenters. The van der Waals surface area contributed by atoms with Gasteiger partial charge in [-0.05, 0) is 93.8 Å². The second kappa shape index (κ2) is 10.3. The molecule has 5 rings (SSSR count). The predicted molar refractivity (Wildman–Crippen MR) is 152 cm³/mol. The zero-order valence-electron chi connectivity index (χ0n) is 23.6. The molecule has 1 amide bonds. The van der Waals surface area contributed by atoms with Crippen LogP contribution in [0, 0.1) is 12.8 Å². The highest BCUT2D eigenvalue weighted by atomic mass is 16.6. The predicted octanol–water partition coefficient (Wildman–Crippen LogP) is 5.84. The van der Waals surface area contributed by atoms with Gasteiger partial charge in [-0.2, -0.15) is 0 Å². The van der Waals surface area contributed by atoms with Gasteiger partial charge in [0.15, 0.2) is 0 Å². The molecular formula is C31H42N4O3. The summed E-state index contributed by atoms with van der Waals surface area (Å²) in [4.78, 5) is 19.6. The molecule has 2 heterocycles. The lowest BCUT2D eigenvalue weighted by Crippen LogP contribution is -2.46. The highest BCUT2D eigenvalue weighted by Crippen LogP contribution is 2.34. The van der Waals surface area contributed by atoms with Gasteiger partial charge in [-0.25, -0.2) is 9.78 Å². The fourth-order valence-corrected chi connectivity index (χ4v) is 6.14. The van der Waals surface area contributed by atoms with Gasteiger partial charge in [0.05, 0.1) is 23.2 Å². The van der Waals surface area contributed by atoms with Crippen LogP contribution in [0.15, 0.2) is 36.4 Å². The van der Waals surface area contributed by atoms with E-state index in [4.69, 9.17) is 9.72 Å². The second-order valence-electron chi connectivity index (χ2n) is 12.6. The molecule has 7 heteroatoms. The number of carbonyl (C=O) groups excluding carboxylic acids is 1. The normalized spacial score (nSPS) is 22.2. The molecule has 1 aromatic heterocycles. The number of likely N-dealkylation sites (tertiary alicyclic amines) is 1. The molecule has 204 valence electrons. The number of nitrogens with zero attached hydrogens (tertiary/aromatic N) is 3. The maximum absolute atomic E-state index is 12.2. The smallest absolute Gasteiger partial charge is 0.412 e. The van der Waals surface area contributed by atoms with Gasteiger partial charge in [0.2, 0.25) is 0 Å². The van der Waals surface area contributed by atoms with Crippen molar-refractivity contribution in [2.45, 2.75) is 84.5 Å². The van der Waals surface area contributed by atoms with Crippen molar-refractivity contribution >= 4 is 22.8 Å². The van der Waals surface area contributed by atoms with Gasteiger partial charge >= 0.3 is 6.09 Å². The van der Waals surface area contributed by atoms with E-state index in [0.29, 0.717) is 18.4 Å². The minimum atomic E-state index is -0.524. The van der Waals surface area contributed by atoms with E-state index in [-0.39, 0.29) is 6.04 Å². The van der Waals surface area contributed by atoms with E-state index in [1.54, 1.807) is 0 Å². The summed E-state index contributed by atoms with van der Waals surface area (Å²) in [6.07, 6.45) is 2.06. The highest BCUT2D eigenvalue weighted by Gasteiger charge is 2.34. The molecule has 2 N–H and O–H groups in total. The number of fused-ring (bicyclic) bond motifs is 2. The number of β-amino-alcohol motifs (C(OH)–C–C–N with tert-alkyl or cyclic N) is 1. The van der Waals surface area contributed by atoms with Crippen molar-refractivity contribution in [3.63, 3.8) is 0 Å². The number of hydrogen-bond acceptors (Lipinski definition) is 5. The van der Waals surface area contributed by atoms with Crippen LogP contribution in [-0.2, 0) is 17.6 Å². The minimum absolute atomic E-state index is 0.0404. The number of piperidine rings is 1. The van der Waals surface area contributed by atoms with Gasteiger partial charge in [-0.15, -0.1) is 0 Å². The number of rotatable bonds is 5. The Bertz CT molecular complexity index is 1320. The van der Waals surface area contributed by atoms with Crippen molar-refractivity contribution in [2.24, 2.45) is 5.92 Å². The third kappa shape index (κ3) is 5.74. The number of imidazole rings is 1. The SMILES string of the molecule is Cc1ccc2c(c1)nc(C(C)C)n2[C@@H]1CCN(C[C@@H]2Cc3ccc(NC(=O)OC(C)(C)C)cc3C2)C[C@H]1O. The molecule has 38 heavy (non-hydrogen) atoms. The first-order valence-corrected chi connectivity index (χ1v) is 14.0. The molecular weight excluding hydrogens is 476 g/mol. The molecule has 3 aromatic rings. The average Bonchev–Trinajstić information content (AvgIpc) is 3.38. The molecule has 0 spiro atoms. The van der Waals surface area contributed by atoms with Crippen molar-refractivity contribution in [1.29, 1.82) is 0 Å². The van der Waals surface area contributed by atoms with Crippen LogP contribution in [0.2, 0.25) is 0 Å². The topological polar surface area (TPSA) is 79.6 Å². The van der Waals surface area contributed by atoms with Crippen LogP contribution in [0.25, 0.3) is 11.0 Å². The second-order valence-corrected chi connectivity index (χ2v) is 12.6. The average molecular weight is 519 g/mol. The summed E-state index contributed by atoms with van der Waals surface area (Å²) >= 11 is 0. The number of benzene rings is 2. The minimum Gasteiger partial charge on any atom is -0.444 e. The van der Waals surface area contributed by atoms with Crippen molar-refractivity contribution < 1.29 is 14.6 Å². The Kier molecular flexibility index (Phi) is 7.27. The molecule has 0 bridgehead atoms. The van der Waals surface area contributed by atoms with Crippen molar-refractivity contribution in [3.05, 3.63) is 58.9 Å². The zero-order valence-corrected chi connectivity index (χ0v) is 23.6. The van der Waals surface area contributed by atoms with Crippen LogP contribution in [0.5, 0.6) is 0 Å². The first kappa shape index (κ1) is 26.7. The monoisotopic (exact) mass is 518 g/mol. The summed E-state index contributed by atoms with van der Waals surface area (Å²) in [6, 6.07) is 12.7. The first-order valence-electron chi connectivity index (χ1n) is 14.0. The van der Waals surface area contributed by atoms with E-state index in [1.165, 1.54) is 16.7 Å². The lowest BCUT2D eigenvalue weighted by Gasteiger charge is -2.38. The lowest BCUT2D eigenvalue weighted by molar-refractivity contribution is 0.0218. The number of hydrogen-bond donors (Lipinski definition) is 2. The quantitative estimate of drug-likeness (QED) is 0.444. The maximum Gasteiger partial charge on any atom is 0.412 e. The first-order chi connectivity index (χ1) is 18.0. The Morgan fingerprint density at radius 2 is 1.92 bits per heavy atom. The highest BCUT2D eigenvalue weighted by molar-refractivity contribution is 5.85. The number of aryl methyl sites for hydroxylation is 1. The molecule has 1 aliphatic heterocycles. The van der Waals surface area contributed by atoms with Gasteiger partial charge in [0.1, 0.15) is 11.4 Å². The molecule has 1 aliphatic carbocycles. The summed E-state index contributed by atoms with van der Waals surface area (Å²) in [5.74, 6) is 1.86. The molecule has 0 radical (unpaired) electrons. The number of amides is 1. The summed E-state index contributed by atoms with van der Waals surface area (Å²) < 4.78 is 7.70. The summed E-state index contributed by atoms with van der Waals surface area (Å²) in [5, 5.41) is 14.2. The van der Waals surface area contributed by atoms with Gasteiger partial charge in [-0.3, -0.25) is 5.32 Å². The zero-order chi connectivity index (χ0) is 27.2. The van der Waals surface area contributed by atoms with Crippen LogP contribution in [-0.4, -0.2) is 57.0 Å². The Morgan fingerprint density at radius 1 is 1.16 bits per heavy atom. The molecule has 1 fully saturated rings. The van der Waals surface area contributed by atoms with Gasteiger partial charge in [-0.1, -0.05) is 26.0 Å². The van der Waals surface area contributed by atoms with Crippen LogP contribution < -0.4 is 5.32 Å². The number of carbonyl (C=O) groups is 1. The van der Waals surface area contributed by atoms with Crippen LogP contribution in [0.1, 0.15) is 75.5 Å². The van der Waals surface area contributed by atoms with E-state index in [9.17, 15) is 9.90 Å². The summed E-state index contributed by atoms with van der Waals surface area (Å²) in [7, 11) is 0.